The van der Waals surface area contributed by atoms with Crippen LogP contribution in [-0.2, 0) is 10.0 Å². The van der Waals surface area contributed by atoms with Crippen LogP contribution < -0.4 is 0 Å². The Kier molecular flexibility index (Phi) is 5.45. The Balaban J connectivity index is 1.74. The Morgan fingerprint density at radius 1 is 1.04 bits per heavy atom. The molecule has 1 fully saturated rings. The first-order valence-electron chi connectivity index (χ1n) is 8.09. The van der Waals surface area contributed by atoms with Crippen molar-refractivity contribution in [2.45, 2.75) is 4.90 Å². The maximum absolute atomic E-state index is 12.7. The minimum atomic E-state index is -3.72. The van der Waals surface area contributed by atoms with Crippen LogP contribution >= 0.6 is 11.6 Å². The standard InChI is InChI=1S/C17H16ClN3O5S/c18-13-4-3-5-14(12-13)27(25,26)20-10-8-19(9-11-20)17(22)15-6-1-2-7-16(15)21(23)24/h1-7,12H,8-11H2. The van der Waals surface area contributed by atoms with Crippen LogP contribution in [0.15, 0.2) is 53.4 Å². The number of halogens is 1. The fourth-order valence-electron chi connectivity index (χ4n) is 2.89. The molecule has 0 bridgehead atoms. The third-order valence-corrected chi connectivity index (χ3v) is 6.42. The molecule has 1 saturated heterocycles. The van der Waals surface area contributed by atoms with Crippen molar-refractivity contribution < 1.29 is 18.1 Å². The highest BCUT2D eigenvalue weighted by Crippen LogP contribution is 2.23. The summed E-state index contributed by atoms with van der Waals surface area (Å²) < 4.78 is 26.7. The molecule has 0 atom stereocenters. The second kappa shape index (κ2) is 7.63. The number of sulfonamides is 1. The highest BCUT2D eigenvalue weighted by atomic mass is 35.5. The van der Waals surface area contributed by atoms with Gasteiger partial charge in [0.1, 0.15) is 5.56 Å². The second-order valence-corrected chi connectivity index (χ2v) is 8.30. The Bertz CT molecular complexity index is 988. The van der Waals surface area contributed by atoms with E-state index in [-0.39, 0.29) is 42.3 Å². The fourth-order valence-corrected chi connectivity index (χ4v) is 4.62. The zero-order chi connectivity index (χ0) is 19.6. The van der Waals surface area contributed by atoms with E-state index < -0.39 is 20.9 Å². The van der Waals surface area contributed by atoms with Crippen LogP contribution in [-0.4, -0.2) is 54.6 Å². The normalized spacial score (nSPS) is 15.5. The summed E-state index contributed by atoms with van der Waals surface area (Å²) >= 11 is 5.87. The molecule has 3 rings (SSSR count). The molecule has 1 aliphatic rings. The van der Waals surface area contributed by atoms with Crippen molar-refractivity contribution in [1.29, 1.82) is 0 Å². The minimum absolute atomic E-state index is 0.00588. The molecule has 27 heavy (non-hydrogen) atoms. The smallest absolute Gasteiger partial charge is 0.282 e. The van der Waals surface area contributed by atoms with Crippen LogP contribution in [0.5, 0.6) is 0 Å². The molecule has 0 aliphatic carbocycles. The molecule has 0 spiro atoms. The van der Waals surface area contributed by atoms with E-state index in [1.54, 1.807) is 18.2 Å². The Hall–Kier alpha value is -2.49. The average Bonchev–Trinajstić information content (AvgIpc) is 2.67. The summed E-state index contributed by atoms with van der Waals surface area (Å²) in [6.45, 7) is 0.484. The van der Waals surface area contributed by atoms with Crippen LogP contribution in [0.2, 0.25) is 5.02 Å². The largest absolute Gasteiger partial charge is 0.336 e. The van der Waals surface area contributed by atoms with Crippen LogP contribution in [0.4, 0.5) is 5.69 Å². The number of rotatable bonds is 4. The number of benzene rings is 2. The lowest BCUT2D eigenvalue weighted by Gasteiger charge is -2.34. The number of nitrogens with zero attached hydrogens (tertiary/aromatic N) is 3. The minimum Gasteiger partial charge on any atom is -0.336 e. The van der Waals surface area contributed by atoms with Crippen LogP contribution in [0.3, 0.4) is 0 Å². The van der Waals surface area contributed by atoms with Crippen LogP contribution in [0.25, 0.3) is 0 Å². The first kappa shape index (κ1) is 19.3. The number of amides is 1. The van der Waals surface area contributed by atoms with Gasteiger partial charge in [-0.3, -0.25) is 14.9 Å². The van der Waals surface area contributed by atoms with Gasteiger partial charge in [0, 0.05) is 37.3 Å². The Morgan fingerprint density at radius 3 is 2.33 bits per heavy atom. The zero-order valence-corrected chi connectivity index (χ0v) is 15.7. The quantitative estimate of drug-likeness (QED) is 0.570. The average molecular weight is 410 g/mol. The number of piperazine rings is 1. The summed E-state index contributed by atoms with van der Waals surface area (Å²) in [7, 11) is -3.72. The molecule has 142 valence electrons. The van der Waals surface area contributed by atoms with Gasteiger partial charge >= 0.3 is 0 Å². The Morgan fingerprint density at radius 2 is 1.70 bits per heavy atom. The predicted octanol–water partition coefficient (Wildman–Crippen LogP) is 2.39. The van der Waals surface area contributed by atoms with Crippen molar-refractivity contribution in [3.05, 3.63) is 69.2 Å². The molecule has 1 amide bonds. The molecule has 0 saturated carbocycles. The van der Waals surface area contributed by atoms with Crippen molar-refractivity contribution in [3.63, 3.8) is 0 Å². The number of hydrogen-bond donors (Lipinski definition) is 0. The summed E-state index contributed by atoms with van der Waals surface area (Å²) in [6, 6.07) is 11.7. The predicted molar refractivity (Wildman–Crippen MR) is 99.2 cm³/mol. The summed E-state index contributed by atoms with van der Waals surface area (Å²) in [5.74, 6) is -0.484. The second-order valence-electron chi connectivity index (χ2n) is 5.93. The van der Waals surface area contributed by atoms with Crippen molar-refractivity contribution in [1.82, 2.24) is 9.21 Å². The lowest BCUT2D eigenvalue weighted by Crippen LogP contribution is -2.50. The van der Waals surface area contributed by atoms with Gasteiger partial charge in [-0.25, -0.2) is 8.42 Å². The maximum Gasteiger partial charge on any atom is 0.282 e. The third kappa shape index (κ3) is 3.95. The zero-order valence-electron chi connectivity index (χ0n) is 14.1. The van der Waals surface area contributed by atoms with E-state index in [1.165, 1.54) is 39.5 Å². The highest BCUT2D eigenvalue weighted by Gasteiger charge is 2.32. The van der Waals surface area contributed by atoms with Gasteiger partial charge in [-0.05, 0) is 24.3 Å². The van der Waals surface area contributed by atoms with Crippen molar-refractivity contribution in [3.8, 4) is 0 Å². The fraction of sp³-hybridized carbons (Fsp3) is 0.235. The number of para-hydroxylation sites is 1. The molecular formula is C17H16ClN3O5S. The van der Waals surface area contributed by atoms with Crippen LogP contribution in [0, 0.1) is 10.1 Å². The third-order valence-electron chi connectivity index (χ3n) is 4.29. The van der Waals surface area contributed by atoms with E-state index in [0.717, 1.165) is 0 Å². The van der Waals surface area contributed by atoms with Crippen LogP contribution in [0.1, 0.15) is 10.4 Å². The van der Waals surface area contributed by atoms with E-state index in [0.29, 0.717) is 5.02 Å². The summed E-state index contributed by atoms with van der Waals surface area (Å²) in [5.41, 5.74) is -0.273. The lowest BCUT2D eigenvalue weighted by molar-refractivity contribution is -0.385. The van der Waals surface area contributed by atoms with Gasteiger partial charge in [0.05, 0.1) is 9.82 Å². The molecule has 0 radical (unpaired) electrons. The van der Waals surface area contributed by atoms with Gasteiger partial charge in [-0.1, -0.05) is 29.8 Å². The number of nitro groups is 1. The van der Waals surface area contributed by atoms with Crippen molar-refractivity contribution >= 4 is 33.2 Å². The SMILES string of the molecule is O=C(c1ccccc1[N+](=O)[O-])N1CCN(S(=O)(=O)c2cccc(Cl)c2)CC1. The van der Waals surface area contributed by atoms with Gasteiger partial charge in [0.2, 0.25) is 10.0 Å². The van der Waals surface area contributed by atoms with Gasteiger partial charge in [-0.15, -0.1) is 0 Å². The lowest BCUT2D eigenvalue weighted by atomic mass is 10.1. The molecule has 0 unspecified atom stereocenters. The van der Waals surface area contributed by atoms with E-state index in [1.807, 2.05) is 0 Å². The van der Waals surface area contributed by atoms with Gasteiger partial charge in [0.15, 0.2) is 0 Å². The Labute approximate surface area is 161 Å². The molecular weight excluding hydrogens is 394 g/mol. The number of hydrogen-bond acceptors (Lipinski definition) is 5. The van der Waals surface area contributed by atoms with Gasteiger partial charge in [-0.2, -0.15) is 4.31 Å². The number of nitro benzene ring substituents is 1. The van der Waals surface area contributed by atoms with E-state index in [9.17, 15) is 23.3 Å². The highest BCUT2D eigenvalue weighted by molar-refractivity contribution is 7.89. The molecule has 1 heterocycles. The van der Waals surface area contributed by atoms with E-state index in [4.69, 9.17) is 11.6 Å². The molecule has 2 aromatic carbocycles. The number of carbonyl (C=O) groups is 1. The summed E-state index contributed by atoms with van der Waals surface area (Å²) in [4.78, 5) is 24.7. The maximum atomic E-state index is 12.7. The monoisotopic (exact) mass is 409 g/mol. The first-order chi connectivity index (χ1) is 12.8. The summed E-state index contributed by atoms with van der Waals surface area (Å²) in [5, 5.41) is 11.4. The van der Waals surface area contributed by atoms with Gasteiger partial charge < -0.3 is 4.90 Å². The number of carbonyl (C=O) groups excluding carboxylic acids is 1. The van der Waals surface area contributed by atoms with Crippen molar-refractivity contribution in [2.24, 2.45) is 0 Å². The molecule has 8 nitrogen and oxygen atoms in total. The summed E-state index contributed by atoms with van der Waals surface area (Å²) in [6.07, 6.45) is 0. The first-order valence-corrected chi connectivity index (χ1v) is 9.91. The molecule has 2 aromatic rings. The van der Waals surface area contributed by atoms with Crippen molar-refractivity contribution in [2.75, 3.05) is 26.2 Å². The molecule has 10 heteroatoms. The van der Waals surface area contributed by atoms with Gasteiger partial charge in [0.25, 0.3) is 11.6 Å². The topological polar surface area (TPSA) is 101 Å². The molecule has 1 aliphatic heterocycles. The van der Waals surface area contributed by atoms with E-state index in [2.05, 4.69) is 0 Å². The molecule has 0 aromatic heterocycles. The van der Waals surface area contributed by atoms with E-state index >= 15 is 0 Å². The molecule has 0 N–H and O–H groups in total.